The first-order valence-corrected chi connectivity index (χ1v) is 17.6. The van der Waals surface area contributed by atoms with E-state index in [4.69, 9.17) is 14.4 Å². The van der Waals surface area contributed by atoms with Gasteiger partial charge in [0.2, 0.25) is 0 Å². The highest BCUT2D eigenvalue weighted by molar-refractivity contribution is 6.11. The first-order valence-electron chi connectivity index (χ1n) is 17.6. The van der Waals surface area contributed by atoms with Gasteiger partial charge >= 0.3 is 5.69 Å². The molecule has 0 fully saturated rings. The van der Waals surface area contributed by atoms with Crippen LogP contribution in [0.3, 0.4) is 0 Å². The minimum absolute atomic E-state index is 0.0419. The summed E-state index contributed by atoms with van der Waals surface area (Å²) >= 11 is 0. The molecule has 0 saturated carbocycles. The average molecular weight is 685 g/mol. The van der Waals surface area contributed by atoms with E-state index in [0.717, 1.165) is 88.7 Å². The van der Waals surface area contributed by atoms with Gasteiger partial charge in [0.05, 0.1) is 22.4 Å². The molecule has 0 bridgehead atoms. The molecule has 3 heterocycles. The summed E-state index contributed by atoms with van der Waals surface area (Å²) in [5, 5.41) is 4.53. The Kier molecular flexibility index (Phi) is 6.98. The molecule has 53 heavy (non-hydrogen) atoms. The second-order valence-electron chi connectivity index (χ2n) is 13.6. The molecule has 252 valence electrons. The molecular formula is C47H32N4O2. The van der Waals surface area contributed by atoms with Crippen LogP contribution < -0.4 is 5.69 Å². The van der Waals surface area contributed by atoms with E-state index in [1.54, 1.807) is 16.2 Å². The average Bonchev–Trinajstić information content (AvgIpc) is 3.68. The lowest BCUT2D eigenvalue weighted by Gasteiger charge is -2.13. The molecule has 0 amide bonds. The second-order valence-corrected chi connectivity index (χ2v) is 13.6. The lowest BCUT2D eigenvalue weighted by atomic mass is 9.95. The number of hydrogen-bond acceptors (Lipinski definition) is 4. The van der Waals surface area contributed by atoms with Crippen LogP contribution in [0.15, 0.2) is 167 Å². The van der Waals surface area contributed by atoms with Crippen LogP contribution in [-0.4, -0.2) is 19.1 Å². The Balaban J connectivity index is 1.12. The Morgan fingerprint density at radius 3 is 1.94 bits per heavy atom. The van der Waals surface area contributed by atoms with E-state index in [1.165, 1.54) is 5.39 Å². The molecule has 0 aliphatic carbocycles. The third-order valence-corrected chi connectivity index (χ3v) is 10.4. The highest BCUT2D eigenvalue weighted by Gasteiger charge is 2.17. The number of imidazole rings is 1. The summed E-state index contributed by atoms with van der Waals surface area (Å²) < 4.78 is 9.70. The van der Waals surface area contributed by atoms with Gasteiger partial charge in [-0.05, 0) is 81.6 Å². The van der Waals surface area contributed by atoms with Crippen LogP contribution in [0.25, 0.3) is 99.9 Å². The van der Waals surface area contributed by atoms with Crippen molar-refractivity contribution in [1.29, 1.82) is 0 Å². The van der Waals surface area contributed by atoms with Gasteiger partial charge in [0, 0.05) is 41.6 Å². The molecule has 0 radical (unpaired) electrons. The quantitative estimate of drug-likeness (QED) is 0.181. The largest absolute Gasteiger partial charge is 0.456 e. The first-order chi connectivity index (χ1) is 26.0. The van der Waals surface area contributed by atoms with E-state index >= 15 is 0 Å². The van der Waals surface area contributed by atoms with E-state index in [-0.39, 0.29) is 5.69 Å². The monoisotopic (exact) mass is 684 g/mol. The van der Waals surface area contributed by atoms with Crippen LogP contribution >= 0.6 is 0 Å². The molecule has 0 unspecified atom stereocenters. The fourth-order valence-electron chi connectivity index (χ4n) is 7.58. The van der Waals surface area contributed by atoms with Gasteiger partial charge in [-0.15, -0.1) is 0 Å². The summed E-state index contributed by atoms with van der Waals surface area (Å²) in [4.78, 5) is 23.0. The van der Waals surface area contributed by atoms with Crippen LogP contribution in [0, 0.1) is 0 Å². The maximum Gasteiger partial charge on any atom is 0.328 e. The van der Waals surface area contributed by atoms with Crippen LogP contribution in [0.2, 0.25) is 0 Å². The van der Waals surface area contributed by atoms with Gasteiger partial charge < -0.3 is 4.42 Å². The maximum atomic E-state index is 12.6. The normalized spacial score (nSPS) is 11.7. The SMILES string of the molecule is Cn1c(=O)n(C)c2cc(-c3cccc(-c4cc(-c5ccccc5-c5ccc6oc7cc8ccccc8cc7c6c5)nc(-c5ccccc5)n4)c3)ccc21. The summed E-state index contributed by atoms with van der Waals surface area (Å²) in [7, 11) is 3.62. The lowest BCUT2D eigenvalue weighted by Crippen LogP contribution is -2.19. The Morgan fingerprint density at radius 1 is 0.453 bits per heavy atom. The minimum atomic E-state index is -0.0419. The molecule has 0 aliphatic rings. The van der Waals surface area contributed by atoms with E-state index in [0.29, 0.717) is 5.82 Å². The Hall–Kier alpha value is -7.05. The summed E-state index contributed by atoms with van der Waals surface area (Å²) in [5.74, 6) is 0.655. The zero-order chi connectivity index (χ0) is 35.6. The van der Waals surface area contributed by atoms with Gasteiger partial charge in [0.25, 0.3) is 0 Å². The topological polar surface area (TPSA) is 65.8 Å². The number of fused-ring (bicyclic) bond motifs is 5. The van der Waals surface area contributed by atoms with Crippen molar-refractivity contribution in [3.63, 3.8) is 0 Å². The molecule has 6 nitrogen and oxygen atoms in total. The number of benzene rings is 7. The molecule has 10 rings (SSSR count). The van der Waals surface area contributed by atoms with E-state index in [2.05, 4.69) is 121 Å². The van der Waals surface area contributed by atoms with Crippen molar-refractivity contribution in [2.45, 2.75) is 0 Å². The van der Waals surface area contributed by atoms with Crippen molar-refractivity contribution in [3.8, 4) is 56.2 Å². The van der Waals surface area contributed by atoms with Gasteiger partial charge in [-0.25, -0.2) is 14.8 Å². The van der Waals surface area contributed by atoms with Crippen LogP contribution in [0.1, 0.15) is 0 Å². The van der Waals surface area contributed by atoms with Crippen molar-refractivity contribution in [2.75, 3.05) is 0 Å². The highest BCUT2D eigenvalue weighted by Crippen LogP contribution is 2.39. The summed E-state index contributed by atoms with van der Waals surface area (Å²) in [6.45, 7) is 0. The fraction of sp³-hybridized carbons (Fsp3) is 0.0426. The number of aromatic nitrogens is 4. The fourth-order valence-corrected chi connectivity index (χ4v) is 7.58. The Morgan fingerprint density at radius 2 is 1.09 bits per heavy atom. The molecule has 3 aromatic heterocycles. The third-order valence-electron chi connectivity index (χ3n) is 10.4. The second kappa shape index (κ2) is 12.0. The van der Waals surface area contributed by atoms with Crippen molar-refractivity contribution < 1.29 is 4.42 Å². The van der Waals surface area contributed by atoms with Crippen molar-refractivity contribution >= 4 is 43.7 Å². The van der Waals surface area contributed by atoms with Gasteiger partial charge in [0.15, 0.2) is 5.82 Å². The van der Waals surface area contributed by atoms with Crippen LogP contribution in [0.5, 0.6) is 0 Å². The van der Waals surface area contributed by atoms with E-state index in [9.17, 15) is 4.79 Å². The Labute approximate surface area is 304 Å². The van der Waals surface area contributed by atoms with Gasteiger partial charge in [0.1, 0.15) is 11.2 Å². The van der Waals surface area contributed by atoms with Gasteiger partial charge in [-0.2, -0.15) is 0 Å². The summed E-state index contributed by atoms with van der Waals surface area (Å²) in [6.07, 6.45) is 0. The molecule has 6 heteroatoms. The number of hydrogen-bond donors (Lipinski definition) is 0. The molecule has 0 aliphatic heterocycles. The Bertz CT molecular complexity index is 3110. The molecule has 0 atom stereocenters. The molecular weight excluding hydrogens is 653 g/mol. The van der Waals surface area contributed by atoms with Crippen molar-refractivity contribution in [3.05, 3.63) is 168 Å². The number of aryl methyl sites for hydroxylation is 2. The van der Waals surface area contributed by atoms with E-state index < -0.39 is 0 Å². The smallest absolute Gasteiger partial charge is 0.328 e. The predicted octanol–water partition coefficient (Wildman–Crippen LogP) is 11.1. The molecule has 0 saturated heterocycles. The van der Waals surface area contributed by atoms with E-state index in [1.807, 2.05) is 43.4 Å². The summed E-state index contributed by atoms with van der Waals surface area (Å²) in [5.41, 5.74) is 12.3. The third kappa shape index (κ3) is 5.15. The predicted molar refractivity (Wildman–Crippen MR) is 216 cm³/mol. The first kappa shape index (κ1) is 30.7. The zero-order valence-electron chi connectivity index (χ0n) is 29.1. The molecule has 10 aromatic rings. The number of nitrogens with zero attached hydrogens (tertiary/aromatic N) is 4. The van der Waals surface area contributed by atoms with Crippen molar-refractivity contribution in [1.82, 2.24) is 19.1 Å². The van der Waals surface area contributed by atoms with Gasteiger partial charge in [-0.3, -0.25) is 9.13 Å². The lowest BCUT2D eigenvalue weighted by molar-refractivity contribution is 0.669. The van der Waals surface area contributed by atoms with Crippen LogP contribution in [-0.2, 0) is 14.1 Å². The number of rotatable bonds is 5. The maximum absolute atomic E-state index is 12.6. The number of furan rings is 1. The van der Waals surface area contributed by atoms with Crippen molar-refractivity contribution in [2.24, 2.45) is 14.1 Å². The zero-order valence-corrected chi connectivity index (χ0v) is 29.1. The highest BCUT2D eigenvalue weighted by atomic mass is 16.3. The van der Waals surface area contributed by atoms with Gasteiger partial charge in [-0.1, -0.05) is 109 Å². The standard InChI is InChI=1S/C47H32N4O2/c1-50-42-21-19-33(26-43(42)51(2)47(50)52)30-15-10-16-35(23-30)40-28-41(49-46(48-40)29-11-4-3-5-12-29)37-18-9-8-17-36(37)34-20-22-44-38(25-34)39-24-31-13-6-7-14-32(31)27-45(39)53-44/h3-28H,1-2H3. The minimum Gasteiger partial charge on any atom is -0.456 e. The molecule has 0 N–H and O–H groups in total. The molecule has 0 spiro atoms. The summed E-state index contributed by atoms with van der Waals surface area (Å²) in [6, 6.07) is 54.4. The van der Waals surface area contributed by atoms with Crippen LogP contribution in [0.4, 0.5) is 0 Å². The molecule has 7 aromatic carbocycles.